The van der Waals surface area contributed by atoms with Crippen molar-refractivity contribution in [1.29, 1.82) is 0 Å². The van der Waals surface area contributed by atoms with Crippen molar-refractivity contribution in [3.05, 3.63) is 30.1 Å². The lowest BCUT2D eigenvalue weighted by molar-refractivity contribution is -0.136. The third-order valence-corrected chi connectivity index (χ3v) is 5.03. The normalized spacial score (nSPS) is 27.0. The summed E-state index contributed by atoms with van der Waals surface area (Å²) in [5.41, 5.74) is 0.872. The summed E-state index contributed by atoms with van der Waals surface area (Å²) in [6.45, 7) is 6.15. The second kappa shape index (κ2) is 8.25. The highest BCUT2D eigenvalue weighted by Gasteiger charge is 2.43. The van der Waals surface area contributed by atoms with E-state index in [1.165, 1.54) is 5.56 Å². The summed E-state index contributed by atoms with van der Waals surface area (Å²) in [7, 11) is 2.11. The van der Waals surface area contributed by atoms with E-state index >= 15 is 0 Å². The van der Waals surface area contributed by atoms with E-state index in [1.54, 1.807) is 6.20 Å². The van der Waals surface area contributed by atoms with Crippen LogP contribution in [-0.4, -0.2) is 72.3 Å². The monoisotopic (exact) mass is 347 g/mol. The number of amides is 1. The molecule has 2 atom stereocenters. The number of aromatic nitrogens is 1. The first kappa shape index (κ1) is 18.3. The third-order valence-electron chi connectivity index (χ3n) is 5.03. The molecular weight excluding hydrogens is 318 g/mol. The van der Waals surface area contributed by atoms with Gasteiger partial charge in [0.25, 0.3) is 0 Å². The Labute approximate surface area is 150 Å². The Balaban J connectivity index is 1.55. The zero-order valence-corrected chi connectivity index (χ0v) is 15.3. The van der Waals surface area contributed by atoms with E-state index in [2.05, 4.69) is 23.0 Å². The SMILES string of the molecule is CCC(=O)N1CCOC[C@@]2(CC[C@H](CN(C)Cc3cccnc3)O2)C1. The molecule has 0 radical (unpaired) electrons. The summed E-state index contributed by atoms with van der Waals surface area (Å²) in [5, 5.41) is 0. The van der Waals surface area contributed by atoms with Crippen LogP contribution in [0.2, 0.25) is 0 Å². The molecule has 1 amide bonds. The Hall–Kier alpha value is -1.50. The van der Waals surface area contributed by atoms with Crippen molar-refractivity contribution in [3.8, 4) is 0 Å². The van der Waals surface area contributed by atoms with Crippen molar-refractivity contribution in [2.45, 2.75) is 44.4 Å². The molecule has 3 rings (SSSR count). The Bertz CT molecular complexity index is 568. The first-order chi connectivity index (χ1) is 12.1. The molecule has 138 valence electrons. The highest BCUT2D eigenvalue weighted by atomic mass is 16.6. The topological polar surface area (TPSA) is 54.9 Å². The van der Waals surface area contributed by atoms with Gasteiger partial charge in [-0.2, -0.15) is 0 Å². The molecule has 3 heterocycles. The van der Waals surface area contributed by atoms with Crippen LogP contribution >= 0.6 is 0 Å². The first-order valence-corrected chi connectivity index (χ1v) is 9.21. The van der Waals surface area contributed by atoms with Crippen molar-refractivity contribution in [3.63, 3.8) is 0 Å². The van der Waals surface area contributed by atoms with Gasteiger partial charge in [-0.15, -0.1) is 0 Å². The summed E-state index contributed by atoms with van der Waals surface area (Å²) >= 11 is 0. The number of hydrogen-bond donors (Lipinski definition) is 0. The van der Waals surface area contributed by atoms with Crippen LogP contribution in [0.3, 0.4) is 0 Å². The Kier molecular flexibility index (Phi) is 6.04. The van der Waals surface area contributed by atoms with E-state index in [9.17, 15) is 4.79 Å². The van der Waals surface area contributed by atoms with E-state index in [-0.39, 0.29) is 17.6 Å². The molecule has 0 bridgehead atoms. The molecular formula is C19H29N3O3. The van der Waals surface area contributed by atoms with E-state index in [4.69, 9.17) is 9.47 Å². The minimum absolute atomic E-state index is 0.182. The second-order valence-corrected chi connectivity index (χ2v) is 7.24. The summed E-state index contributed by atoms with van der Waals surface area (Å²) in [4.78, 5) is 20.5. The van der Waals surface area contributed by atoms with E-state index in [0.29, 0.717) is 32.7 Å². The number of carbonyl (C=O) groups excluding carboxylic acids is 1. The lowest BCUT2D eigenvalue weighted by Gasteiger charge is -2.32. The quantitative estimate of drug-likeness (QED) is 0.811. The predicted octanol–water partition coefficient (Wildman–Crippen LogP) is 1.70. The Morgan fingerprint density at radius 1 is 1.52 bits per heavy atom. The van der Waals surface area contributed by atoms with E-state index in [1.807, 2.05) is 24.1 Å². The molecule has 0 aliphatic carbocycles. The number of pyridine rings is 1. The van der Waals surface area contributed by atoms with Gasteiger partial charge in [0, 0.05) is 38.4 Å². The lowest BCUT2D eigenvalue weighted by Crippen LogP contribution is -2.47. The van der Waals surface area contributed by atoms with E-state index < -0.39 is 0 Å². The fourth-order valence-electron chi connectivity index (χ4n) is 3.80. The minimum atomic E-state index is -0.332. The van der Waals surface area contributed by atoms with Crippen LogP contribution in [0.25, 0.3) is 0 Å². The fraction of sp³-hybridized carbons (Fsp3) is 0.684. The van der Waals surface area contributed by atoms with Crippen molar-refractivity contribution in [1.82, 2.24) is 14.8 Å². The van der Waals surface area contributed by atoms with Crippen LogP contribution in [0.1, 0.15) is 31.7 Å². The molecule has 1 aromatic rings. The maximum Gasteiger partial charge on any atom is 0.222 e. The zero-order chi connectivity index (χ0) is 17.7. The number of hydrogen-bond acceptors (Lipinski definition) is 5. The number of likely N-dealkylation sites (N-methyl/N-ethyl adjacent to an activating group) is 1. The molecule has 2 saturated heterocycles. The third kappa shape index (κ3) is 4.77. The molecule has 0 N–H and O–H groups in total. The smallest absolute Gasteiger partial charge is 0.222 e. The highest BCUT2D eigenvalue weighted by Crippen LogP contribution is 2.33. The molecule has 6 heteroatoms. The molecule has 0 aromatic carbocycles. The van der Waals surface area contributed by atoms with Gasteiger partial charge in [-0.3, -0.25) is 14.7 Å². The van der Waals surface area contributed by atoms with Crippen molar-refractivity contribution < 1.29 is 14.3 Å². The molecule has 25 heavy (non-hydrogen) atoms. The molecule has 2 aliphatic heterocycles. The summed E-state index contributed by atoms with van der Waals surface area (Å²) in [6, 6.07) is 4.06. The van der Waals surface area contributed by atoms with Crippen molar-refractivity contribution in [2.24, 2.45) is 0 Å². The molecule has 2 fully saturated rings. The molecule has 1 aromatic heterocycles. The van der Waals surface area contributed by atoms with Gasteiger partial charge in [-0.05, 0) is 31.5 Å². The summed E-state index contributed by atoms with van der Waals surface area (Å²) in [5.74, 6) is 0.186. The van der Waals surface area contributed by atoms with Gasteiger partial charge in [0.05, 0.1) is 25.9 Å². The Morgan fingerprint density at radius 2 is 2.40 bits per heavy atom. The number of ether oxygens (including phenoxy) is 2. The van der Waals surface area contributed by atoms with Crippen LogP contribution < -0.4 is 0 Å². The lowest BCUT2D eigenvalue weighted by atomic mass is 10.00. The van der Waals surface area contributed by atoms with E-state index in [0.717, 1.165) is 25.9 Å². The Morgan fingerprint density at radius 3 is 3.16 bits per heavy atom. The zero-order valence-electron chi connectivity index (χ0n) is 15.3. The van der Waals surface area contributed by atoms with Gasteiger partial charge < -0.3 is 14.4 Å². The second-order valence-electron chi connectivity index (χ2n) is 7.24. The van der Waals surface area contributed by atoms with Crippen LogP contribution in [0.5, 0.6) is 0 Å². The van der Waals surface area contributed by atoms with Gasteiger partial charge in [0.1, 0.15) is 5.60 Å². The largest absolute Gasteiger partial charge is 0.377 e. The van der Waals surface area contributed by atoms with Gasteiger partial charge in [-0.25, -0.2) is 0 Å². The predicted molar refractivity (Wildman–Crippen MR) is 95.1 cm³/mol. The van der Waals surface area contributed by atoms with Crippen molar-refractivity contribution in [2.75, 3.05) is 39.9 Å². The molecule has 2 aliphatic rings. The van der Waals surface area contributed by atoms with Gasteiger partial charge in [0.15, 0.2) is 0 Å². The van der Waals surface area contributed by atoms with Gasteiger partial charge in [-0.1, -0.05) is 13.0 Å². The average Bonchev–Trinajstić information content (AvgIpc) is 2.87. The first-order valence-electron chi connectivity index (χ1n) is 9.21. The van der Waals surface area contributed by atoms with Crippen LogP contribution in [0.15, 0.2) is 24.5 Å². The molecule has 6 nitrogen and oxygen atoms in total. The average molecular weight is 347 g/mol. The van der Waals surface area contributed by atoms with Gasteiger partial charge >= 0.3 is 0 Å². The van der Waals surface area contributed by atoms with Crippen LogP contribution in [-0.2, 0) is 20.8 Å². The molecule has 0 unspecified atom stereocenters. The van der Waals surface area contributed by atoms with Crippen LogP contribution in [0, 0.1) is 0 Å². The van der Waals surface area contributed by atoms with Crippen molar-refractivity contribution >= 4 is 5.91 Å². The highest BCUT2D eigenvalue weighted by molar-refractivity contribution is 5.75. The maximum absolute atomic E-state index is 12.1. The fourth-order valence-corrected chi connectivity index (χ4v) is 3.80. The van der Waals surface area contributed by atoms with Gasteiger partial charge in [0.2, 0.25) is 5.91 Å². The maximum atomic E-state index is 12.1. The number of carbonyl (C=O) groups is 1. The number of rotatable bonds is 5. The molecule has 0 saturated carbocycles. The summed E-state index contributed by atoms with van der Waals surface area (Å²) < 4.78 is 12.2. The summed E-state index contributed by atoms with van der Waals surface area (Å²) in [6.07, 6.45) is 6.37. The minimum Gasteiger partial charge on any atom is -0.377 e. The van der Waals surface area contributed by atoms with Crippen LogP contribution in [0.4, 0.5) is 0 Å². The standard InChI is InChI=1S/C19H29N3O3/c1-3-18(23)22-9-10-24-15-19(14-22)7-6-17(25-19)13-21(2)12-16-5-4-8-20-11-16/h4-5,8,11,17H,3,6-7,9-10,12-15H2,1-2H3/t17-,19-/m1/s1. The molecule has 1 spiro atoms. The number of nitrogens with zero attached hydrogens (tertiary/aromatic N) is 3.